The third kappa shape index (κ3) is 2.58. The van der Waals surface area contributed by atoms with Gasteiger partial charge < -0.3 is 9.30 Å². The van der Waals surface area contributed by atoms with Crippen LogP contribution in [0.15, 0.2) is 29.1 Å². The van der Waals surface area contributed by atoms with Crippen molar-refractivity contribution in [3.63, 3.8) is 0 Å². The molecule has 96 valence electrons. The molecular formula is C14H17BrN2O. The van der Waals surface area contributed by atoms with Crippen LogP contribution in [0.4, 0.5) is 0 Å². The average molecular weight is 309 g/mol. The van der Waals surface area contributed by atoms with Gasteiger partial charge >= 0.3 is 0 Å². The van der Waals surface area contributed by atoms with Gasteiger partial charge in [-0.1, -0.05) is 19.1 Å². The van der Waals surface area contributed by atoms with Gasteiger partial charge in [0.05, 0.1) is 19.1 Å². The molecule has 0 aliphatic carbocycles. The first kappa shape index (κ1) is 13.1. The van der Waals surface area contributed by atoms with Crippen LogP contribution in [-0.4, -0.2) is 16.7 Å². The summed E-state index contributed by atoms with van der Waals surface area (Å²) in [6.07, 6.45) is 3.63. The fourth-order valence-corrected chi connectivity index (χ4v) is 2.33. The number of hydrogen-bond acceptors (Lipinski definition) is 2. The van der Waals surface area contributed by atoms with Gasteiger partial charge in [0, 0.05) is 13.5 Å². The molecule has 0 amide bonds. The van der Waals surface area contributed by atoms with Crippen molar-refractivity contribution >= 4 is 15.9 Å². The summed E-state index contributed by atoms with van der Waals surface area (Å²) < 4.78 is 8.35. The molecule has 0 unspecified atom stereocenters. The normalized spacial score (nSPS) is 10.7. The summed E-state index contributed by atoms with van der Waals surface area (Å²) in [5.74, 6) is 0.960. The summed E-state index contributed by atoms with van der Waals surface area (Å²) in [4.78, 5) is 4.39. The highest BCUT2D eigenvalue weighted by molar-refractivity contribution is 9.10. The van der Waals surface area contributed by atoms with Crippen molar-refractivity contribution in [2.24, 2.45) is 7.05 Å². The van der Waals surface area contributed by atoms with Crippen LogP contribution in [-0.2, 0) is 19.9 Å². The number of hydrogen-bond donors (Lipinski definition) is 0. The molecule has 2 rings (SSSR count). The minimum atomic E-state index is 0.832. The van der Waals surface area contributed by atoms with E-state index in [2.05, 4.69) is 40.0 Å². The molecule has 1 aromatic heterocycles. The molecule has 0 bridgehead atoms. The Hall–Kier alpha value is -1.29. The Labute approximate surface area is 116 Å². The lowest BCUT2D eigenvalue weighted by atomic mass is 10.0. The van der Waals surface area contributed by atoms with E-state index in [1.54, 1.807) is 7.11 Å². The van der Waals surface area contributed by atoms with Crippen molar-refractivity contribution in [1.82, 2.24) is 9.55 Å². The van der Waals surface area contributed by atoms with Gasteiger partial charge in [0.2, 0.25) is 0 Å². The zero-order valence-corrected chi connectivity index (χ0v) is 12.5. The number of halogens is 1. The largest absolute Gasteiger partial charge is 0.496 e. The number of nitrogens with zero attached hydrogens (tertiary/aromatic N) is 2. The molecule has 1 aromatic carbocycles. The minimum absolute atomic E-state index is 0.832. The summed E-state index contributed by atoms with van der Waals surface area (Å²) in [7, 11) is 3.69. The number of aryl methyl sites for hydroxylation is 2. The fourth-order valence-electron chi connectivity index (χ4n) is 1.99. The Bertz CT molecular complexity index is 549. The van der Waals surface area contributed by atoms with Crippen molar-refractivity contribution < 1.29 is 4.74 Å². The first-order valence-electron chi connectivity index (χ1n) is 5.97. The molecule has 0 aliphatic rings. The molecule has 3 nitrogen and oxygen atoms in total. The second kappa shape index (κ2) is 5.57. The number of ether oxygens (including phenoxy) is 1. The number of rotatable bonds is 4. The lowest BCUT2D eigenvalue weighted by Gasteiger charge is -2.08. The summed E-state index contributed by atoms with van der Waals surface area (Å²) in [5, 5.41) is 0. The Morgan fingerprint density at radius 1 is 1.39 bits per heavy atom. The molecule has 0 atom stereocenters. The molecule has 2 aromatic rings. The van der Waals surface area contributed by atoms with E-state index in [1.165, 1.54) is 11.1 Å². The fraction of sp³-hybridized carbons (Fsp3) is 0.357. The standard InChI is InChI=1S/C14H17BrN2O/c1-4-11-7-10(5-6-13(11)18-3)8-12-14(15)17(2)9-16-12/h5-7,9H,4,8H2,1-3H3. The molecular weight excluding hydrogens is 292 g/mol. The topological polar surface area (TPSA) is 27.1 Å². The zero-order valence-electron chi connectivity index (χ0n) is 10.9. The number of methoxy groups -OCH3 is 1. The van der Waals surface area contributed by atoms with E-state index >= 15 is 0 Å². The van der Waals surface area contributed by atoms with Crippen molar-refractivity contribution in [2.75, 3.05) is 7.11 Å². The van der Waals surface area contributed by atoms with Gasteiger partial charge in [-0.3, -0.25) is 0 Å². The maximum atomic E-state index is 5.34. The van der Waals surface area contributed by atoms with Crippen LogP contribution < -0.4 is 4.74 Å². The molecule has 18 heavy (non-hydrogen) atoms. The van der Waals surface area contributed by atoms with Crippen LogP contribution in [0.25, 0.3) is 0 Å². The second-order valence-corrected chi connectivity index (χ2v) is 5.02. The monoisotopic (exact) mass is 308 g/mol. The molecule has 0 aliphatic heterocycles. The SMILES string of the molecule is CCc1cc(Cc2ncn(C)c2Br)ccc1OC. The first-order valence-corrected chi connectivity index (χ1v) is 6.76. The van der Waals surface area contributed by atoms with Gasteiger partial charge in [-0.25, -0.2) is 4.98 Å². The quantitative estimate of drug-likeness (QED) is 0.866. The van der Waals surface area contributed by atoms with E-state index in [9.17, 15) is 0 Å². The summed E-state index contributed by atoms with van der Waals surface area (Å²) in [6, 6.07) is 6.32. The van der Waals surface area contributed by atoms with Gasteiger partial charge in [0.1, 0.15) is 10.4 Å². The lowest BCUT2D eigenvalue weighted by Crippen LogP contribution is -1.95. The molecule has 4 heteroatoms. The third-order valence-electron chi connectivity index (χ3n) is 3.03. The Morgan fingerprint density at radius 2 is 2.17 bits per heavy atom. The molecule has 0 radical (unpaired) electrons. The highest BCUT2D eigenvalue weighted by Crippen LogP contribution is 2.23. The number of imidazole rings is 1. The highest BCUT2D eigenvalue weighted by atomic mass is 79.9. The van der Waals surface area contributed by atoms with Crippen LogP contribution in [0.3, 0.4) is 0 Å². The van der Waals surface area contributed by atoms with Crippen LogP contribution in [0, 0.1) is 0 Å². The van der Waals surface area contributed by atoms with E-state index in [4.69, 9.17) is 4.74 Å². The third-order valence-corrected chi connectivity index (χ3v) is 4.05. The maximum Gasteiger partial charge on any atom is 0.122 e. The van der Waals surface area contributed by atoms with Crippen LogP contribution >= 0.6 is 15.9 Å². The number of benzene rings is 1. The van der Waals surface area contributed by atoms with E-state index in [-0.39, 0.29) is 0 Å². The van der Waals surface area contributed by atoms with Crippen molar-refractivity contribution in [1.29, 1.82) is 0 Å². The Morgan fingerprint density at radius 3 is 2.72 bits per heavy atom. The number of aromatic nitrogens is 2. The lowest BCUT2D eigenvalue weighted by molar-refractivity contribution is 0.410. The van der Waals surface area contributed by atoms with E-state index in [1.807, 2.05) is 24.0 Å². The van der Waals surface area contributed by atoms with Gasteiger partial charge in [0.15, 0.2) is 0 Å². The van der Waals surface area contributed by atoms with Crippen molar-refractivity contribution in [3.05, 3.63) is 46.0 Å². The maximum absolute atomic E-state index is 5.34. The van der Waals surface area contributed by atoms with Crippen molar-refractivity contribution in [3.8, 4) is 5.75 Å². The van der Waals surface area contributed by atoms with E-state index < -0.39 is 0 Å². The van der Waals surface area contributed by atoms with Gasteiger partial charge in [-0.05, 0) is 39.5 Å². The van der Waals surface area contributed by atoms with Gasteiger partial charge in [0.25, 0.3) is 0 Å². The van der Waals surface area contributed by atoms with Crippen molar-refractivity contribution in [2.45, 2.75) is 19.8 Å². The van der Waals surface area contributed by atoms with Crippen LogP contribution in [0.1, 0.15) is 23.7 Å². The molecule has 1 heterocycles. The van der Waals surface area contributed by atoms with Gasteiger partial charge in [-0.15, -0.1) is 0 Å². The zero-order chi connectivity index (χ0) is 13.1. The van der Waals surface area contributed by atoms with Crippen LogP contribution in [0.2, 0.25) is 0 Å². The molecule has 0 fully saturated rings. The van der Waals surface area contributed by atoms with Crippen LogP contribution in [0.5, 0.6) is 5.75 Å². The Balaban J connectivity index is 2.27. The predicted octanol–water partition coefficient (Wildman–Crippen LogP) is 3.34. The van der Waals surface area contributed by atoms with E-state index in [0.29, 0.717) is 0 Å². The molecule has 0 saturated carbocycles. The second-order valence-electron chi connectivity index (χ2n) is 4.27. The summed E-state index contributed by atoms with van der Waals surface area (Å²) in [6.45, 7) is 2.14. The molecule has 0 N–H and O–H groups in total. The predicted molar refractivity (Wildman–Crippen MR) is 76.1 cm³/mol. The first-order chi connectivity index (χ1) is 8.65. The summed E-state index contributed by atoms with van der Waals surface area (Å²) >= 11 is 3.55. The average Bonchev–Trinajstić information content (AvgIpc) is 2.70. The smallest absolute Gasteiger partial charge is 0.122 e. The van der Waals surface area contributed by atoms with Gasteiger partial charge in [-0.2, -0.15) is 0 Å². The Kier molecular flexibility index (Phi) is 4.07. The highest BCUT2D eigenvalue weighted by Gasteiger charge is 2.08. The molecule has 0 saturated heterocycles. The minimum Gasteiger partial charge on any atom is -0.496 e. The summed E-state index contributed by atoms with van der Waals surface area (Å²) in [5.41, 5.74) is 3.55. The molecule has 0 spiro atoms. The van der Waals surface area contributed by atoms with E-state index in [0.717, 1.165) is 28.9 Å².